The first-order valence-corrected chi connectivity index (χ1v) is 4.17. The fourth-order valence-corrected chi connectivity index (χ4v) is 0.667. The van der Waals surface area contributed by atoms with Gasteiger partial charge in [-0.05, 0) is 0 Å². The predicted octanol–water partition coefficient (Wildman–Crippen LogP) is 1.01. The molecule has 1 amide bonds. The summed E-state index contributed by atoms with van der Waals surface area (Å²) < 4.78 is 0. The number of nitrogens with zero attached hydrogens (tertiary/aromatic N) is 1. The van der Waals surface area contributed by atoms with E-state index < -0.39 is 0 Å². The molecule has 1 N–H and O–H groups in total. The predicted molar refractivity (Wildman–Crippen MR) is 45.9 cm³/mol. The third-order valence-corrected chi connectivity index (χ3v) is 1.56. The van der Waals surface area contributed by atoms with E-state index in [0.717, 1.165) is 13.1 Å². The van der Waals surface area contributed by atoms with Crippen LogP contribution in [-0.2, 0) is 27.2 Å². The summed E-state index contributed by atoms with van der Waals surface area (Å²) in [4.78, 5) is 11.1. The summed E-state index contributed by atoms with van der Waals surface area (Å²) in [6, 6.07) is 0. The third kappa shape index (κ3) is 5.77. The molecule has 0 atom stereocenters. The second-order valence-corrected chi connectivity index (χ2v) is 2.80. The van der Waals surface area contributed by atoms with Crippen LogP contribution in [0.4, 0.5) is 0 Å². The molecule has 0 aromatic rings. The SMILES string of the molecule is CCN(CC)NC(=O)C(C)C.[Ta]. The van der Waals surface area contributed by atoms with Gasteiger partial charge in [-0.1, -0.05) is 27.7 Å². The van der Waals surface area contributed by atoms with Crippen LogP contribution in [0.2, 0.25) is 0 Å². The third-order valence-electron chi connectivity index (χ3n) is 1.56. The van der Waals surface area contributed by atoms with Gasteiger partial charge < -0.3 is 0 Å². The summed E-state index contributed by atoms with van der Waals surface area (Å²) in [5, 5.41) is 1.89. The van der Waals surface area contributed by atoms with Crippen molar-refractivity contribution in [2.75, 3.05) is 13.1 Å². The number of carbonyl (C=O) groups is 1. The topological polar surface area (TPSA) is 32.3 Å². The van der Waals surface area contributed by atoms with Crippen LogP contribution in [0.15, 0.2) is 0 Å². The van der Waals surface area contributed by atoms with Gasteiger partial charge in [0.2, 0.25) is 5.91 Å². The number of hydrazine groups is 1. The first-order chi connectivity index (χ1) is 5.11. The van der Waals surface area contributed by atoms with E-state index in [4.69, 9.17) is 0 Å². The average Bonchev–Trinajstić information content (AvgIpc) is 1.99. The van der Waals surface area contributed by atoms with Crippen LogP contribution in [0.25, 0.3) is 0 Å². The minimum atomic E-state index is 0. The Bertz CT molecular complexity index is 124. The van der Waals surface area contributed by atoms with Gasteiger partial charge in [-0.15, -0.1) is 0 Å². The molecule has 0 spiro atoms. The van der Waals surface area contributed by atoms with Gasteiger partial charge in [-0.2, -0.15) is 0 Å². The number of carbonyl (C=O) groups excluding carboxylic acids is 1. The van der Waals surface area contributed by atoms with Crippen LogP contribution in [0.5, 0.6) is 0 Å². The maximum Gasteiger partial charge on any atom is 0.236 e. The summed E-state index contributed by atoms with van der Waals surface area (Å²) in [6.45, 7) is 9.52. The molecule has 0 aromatic carbocycles. The van der Waals surface area contributed by atoms with E-state index in [9.17, 15) is 4.79 Å². The van der Waals surface area contributed by atoms with E-state index in [1.165, 1.54) is 0 Å². The monoisotopic (exact) mass is 339 g/mol. The van der Waals surface area contributed by atoms with Crippen LogP contribution < -0.4 is 5.43 Å². The number of hydrogen-bond donors (Lipinski definition) is 1. The molecular weight excluding hydrogens is 321 g/mol. The first kappa shape index (κ1) is 14.7. The molecule has 0 bridgehead atoms. The quantitative estimate of drug-likeness (QED) is 0.776. The van der Waals surface area contributed by atoms with Crippen molar-refractivity contribution in [2.45, 2.75) is 27.7 Å². The van der Waals surface area contributed by atoms with Crippen LogP contribution in [-0.4, -0.2) is 24.0 Å². The molecule has 0 aromatic heterocycles. The number of nitrogens with one attached hydrogen (secondary N) is 1. The Kier molecular flexibility index (Phi) is 9.54. The van der Waals surface area contributed by atoms with Crippen molar-refractivity contribution >= 4 is 5.91 Å². The molecule has 0 unspecified atom stereocenters. The average molecular weight is 339 g/mol. The Morgan fingerprint density at radius 1 is 1.33 bits per heavy atom. The molecule has 12 heavy (non-hydrogen) atoms. The molecule has 4 heteroatoms. The van der Waals surface area contributed by atoms with Gasteiger partial charge in [0.25, 0.3) is 0 Å². The van der Waals surface area contributed by atoms with Crippen molar-refractivity contribution in [3.63, 3.8) is 0 Å². The molecule has 0 aliphatic carbocycles. The Labute approximate surface area is 90.4 Å². The number of hydrogen-bond acceptors (Lipinski definition) is 2. The van der Waals surface area contributed by atoms with Crippen LogP contribution in [0.1, 0.15) is 27.7 Å². The molecule has 0 aliphatic heterocycles. The van der Waals surface area contributed by atoms with Gasteiger partial charge in [0.1, 0.15) is 0 Å². The molecule has 3 nitrogen and oxygen atoms in total. The molecule has 0 fully saturated rings. The van der Waals surface area contributed by atoms with Gasteiger partial charge >= 0.3 is 0 Å². The molecular formula is C8H18N2OTa. The summed E-state index contributed by atoms with van der Waals surface area (Å²) >= 11 is 0. The van der Waals surface area contributed by atoms with Crippen molar-refractivity contribution < 1.29 is 27.2 Å². The van der Waals surface area contributed by atoms with E-state index >= 15 is 0 Å². The Morgan fingerprint density at radius 2 is 1.75 bits per heavy atom. The molecule has 0 saturated heterocycles. The normalized spacial score (nSPS) is 9.83. The van der Waals surface area contributed by atoms with Gasteiger partial charge in [-0.3, -0.25) is 10.2 Å². The van der Waals surface area contributed by atoms with E-state index in [1.807, 2.05) is 32.7 Å². The summed E-state index contributed by atoms with van der Waals surface area (Å²) in [5.41, 5.74) is 2.81. The van der Waals surface area contributed by atoms with Crippen LogP contribution >= 0.6 is 0 Å². The fourth-order valence-electron chi connectivity index (χ4n) is 0.667. The zero-order chi connectivity index (χ0) is 8.85. The Morgan fingerprint density at radius 3 is 2.00 bits per heavy atom. The second kappa shape index (κ2) is 7.80. The summed E-state index contributed by atoms with van der Waals surface area (Å²) in [6.07, 6.45) is 0. The van der Waals surface area contributed by atoms with Gasteiger partial charge in [0.05, 0.1) is 0 Å². The first-order valence-electron chi connectivity index (χ1n) is 4.17. The van der Waals surface area contributed by atoms with E-state index in [1.54, 1.807) is 0 Å². The van der Waals surface area contributed by atoms with Gasteiger partial charge in [-0.25, -0.2) is 5.01 Å². The Balaban J connectivity index is 0. The van der Waals surface area contributed by atoms with Crippen molar-refractivity contribution in [3.05, 3.63) is 0 Å². The van der Waals surface area contributed by atoms with E-state index in [0.29, 0.717) is 0 Å². The Hall–Kier alpha value is 0.170. The van der Waals surface area contributed by atoms with Crippen molar-refractivity contribution in [3.8, 4) is 0 Å². The minimum Gasteiger partial charge on any atom is -0.289 e. The maximum atomic E-state index is 11.1. The molecule has 0 saturated carbocycles. The minimum absolute atomic E-state index is 0. The van der Waals surface area contributed by atoms with Crippen molar-refractivity contribution in [2.24, 2.45) is 5.92 Å². The molecule has 0 aliphatic rings. The van der Waals surface area contributed by atoms with Gasteiger partial charge in [0, 0.05) is 41.4 Å². The fraction of sp³-hybridized carbons (Fsp3) is 0.875. The zero-order valence-corrected chi connectivity index (χ0v) is 11.5. The van der Waals surface area contributed by atoms with E-state index in [-0.39, 0.29) is 34.2 Å². The molecule has 1 radical (unpaired) electrons. The molecule has 0 rings (SSSR count). The summed E-state index contributed by atoms with van der Waals surface area (Å²) in [5.74, 6) is 0.157. The van der Waals surface area contributed by atoms with Crippen molar-refractivity contribution in [1.82, 2.24) is 10.4 Å². The summed E-state index contributed by atoms with van der Waals surface area (Å²) in [7, 11) is 0. The number of amides is 1. The van der Waals surface area contributed by atoms with Crippen LogP contribution in [0.3, 0.4) is 0 Å². The zero-order valence-electron chi connectivity index (χ0n) is 8.29. The van der Waals surface area contributed by atoms with Crippen molar-refractivity contribution in [1.29, 1.82) is 0 Å². The van der Waals surface area contributed by atoms with Gasteiger partial charge in [0.15, 0.2) is 0 Å². The standard InChI is InChI=1S/C8H18N2O.Ta/c1-5-10(6-2)9-8(11)7(3)4;/h7H,5-6H2,1-4H3,(H,9,11);. The molecule has 0 heterocycles. The smallest absolute Gasteiger partial charge is 0.236 e. The second-order valence-electron chi connectivity index (χ2n) is 2.80. The van der Waals surface area contributed by atoms with E-state index in [2.05, 4.69) is 5.43 Å². The van der Waals surface area contributed by atoms with Crippen LogP contribution in [0, 0.1) is 5.92 Å². The maximum absolute atomic E-state index is 11.1. The largest absolute Gasteiger partial charge is 0.289 e. The molecule has 71 valence electrons. The number of rotatable bonds is 4.